The molecule has 0 aliphatic carbocycles. The molecule has 1 fully saturated rings. The second-order valence-electron chi connectivity index (χ2n) is 9.37. The van der Waals surface area contributed by atoms with Gasteiger partial charge in [0.25, 0.3) is 17.1 Å². The third-order valence-corrected chi connectivity index (χ3v) is 7.58. The van der Waals surface area contributed by atoms with Crippen molar-refractivity contribution in [2.75, 3.05) is 18.5 Å². The van der Waals surface area contributed by atoms with Crippen molar-refractivity contribution >= 4 is 63.0 Å². The summed E-state index contributed by atoms with van der Waals surface area (Å²) in [4.78, 5) is 40.0. The van der Waals surface area contributed by atoms with Crippen LogP contribution in [0.5, 0.6) is 11.5 Å². The molecule has 1 N–H and O–H groups in total. The van der Waals surface area contributed by atoms with Crippen LogP contribution in [-0.2, 0) is 16.1 Å². The van der Waals surface area contributed by atoms with Crippen LogP contribution in [0.3, 0.4) is 0 Å². The minimum atomic E-state index is -0.380. The second kappa shape index (κ2) is 12.5. The van der Waals surface area contributed by atoms with Gasteiger partial charge < -0.3 is 14.8 Å². The molecular weight excluding hydrogens is 560 g/mol. The van der Waals surface area contributed by atoms with Gasteiger partial charge in [0.2, 0.25) is 0 Å². The molecule has 0 atom stereocenters. The normalized spacial score (nSPS) is 14.1. The fourth-order valence-corrected chi connectivity index (χ4v) is 5.55. The van der Waals surface area contributed by atoms with Crippen LogP contribution < -0.4 is 14.8 Å². The van der Waals surface area contributed by atoms with E-state index in [0.717, 1.165) is 33.7 Å². The van der Waals surface area contributed by atoms with Crippen molar-refractivity contribution < 1.29 is 23.9 Å². The van der Waals surface area contributed by atoms with Gasteiger partial charge in [0.1, 0.15) is 0 Å². The Morgan fingerprint density at radius 1 is 1.00 bits per heavy atom. The average Bonchev–Trinajstić information content (AvgIpc) is 3.21. The summed E-state index contributed by atoms with van der Waals surface area (Å²) >= 11 is 7.42. The van der Waals surface area contributed by atoms with E-state index >= 15 is 0 Å². The summed E-state index contributed by atoms with van der Waals surface area (Å²) in [5, 5.41) is 4.68. The molecule has 41 heavy (non-hydrogen) atoms. The van der Waals surface area contributed by atoms with Gasteiger partial charge in [0.15, 0.2) is 18.1 Å². The van der Waals surface area contributed by atoms with Crippen molar-refractivity contribution in [3.63, 3.8) is 0 Å². The highest BCUT2D eigenvalue weighted by atomic mass is 35.5. The number of imide groups is 1. The van der Waals surface area contributed by atoms with Crippen molar-refractivity contribution in [2.24, 2.45) is 0 Å². The van der Waals surface area contributed by atoms with Gasteiger partial charge in [-0.05, 0) is 77.9 Å². The number of ether oxygens (including phenoxy) is 2. The molecule has 3 amide bonds. The van der Waals surface area contributed by atoms with E-state index in [0.29, 0.717) is 23.6 Å². The van der Waals surface area contributed by atoms with Gasteiger partial charge in [-0.25, -0.2) is 0 Å². The van der Waals surface area contributed by atoms with Crippen molar-refractivity contribution in [1.29, 1.82) is 0 Å². The number of anilines is 1. The van der Waals surface area contributed by atoms with E-state index in [2.05, 4.69) is 5.32 Å². The lowest BCUT2D eigenvalue weighted by Gasteiger charge is -2.15. The minimum absolute atomic E-state index is 0.172. The molecule has 1 aliphatic rings. The highest BCUT2D eigenvalue weighted by Crippen LogP contribution is 2.39. The van der Waals surface area contributed by atoms with Gasteiger partial charge in [-0.1, -0.05) is 71.8 Å². The van der Waals surface area contributed by atoms with Crippen LogP contribution in [0.2, 0.25) is 5.02 Å². The quantitative estimate of drug-likeness (QED) is 0.205. The zero-order valence-corrected chi connectivity index (χ0v) is 24.1. The van der Waals surface area contributed by atoms with Gasteiger partial charge in [-0.3, -0.25) is 19.3 Å². The third kappa shape index (κ3) is 6.56. The van der Waals surface area contributed by atoms with E-state index < -0.39 is 0 Å². The van der Waals surface area contributed by atoms with E-state index in [9.17, 15) is 14.4 Å². The molecule has 7 nitrogen and oxygen atoms in total. The zero-order valence-electron chi connectivity index (χ0n) is 22.5. The summed E-state index contributed by atoms with van der Waals surface area (Å²) in [5.41, 5.74) is 3.19. The highest BCUT2D eigenvalue weighted by Gasteiger charge is 2.35. The van der Waals surface area contributed by atoms with Crippen LogP contribution in [-0.4, -0.2) is 35.2 Å². The summed E-state index contributed by atoms with van der Waals surface area (Å²) < 4.78 is 11.5. The van der Waals surface area contributed by atoms with Crippen LogP contribution in [0, 0.1) is 6.92 Å². The molecule has 208 valence electrons. The van der Waals surface area contributed by atoms with Crippen LogP contribution in [0.15, 0.2) is 83.8 Å². The predicted octanol–water partition coefficient (Wildman–Crippen LogP) is 7.45. The molecule has 1 heterocycles. The number of carbonyl (C=O) groups excluding carboxylic acids is 3. The van der Waals surface area contributed by atoms with Crippen molar-refractivity contribution in [3.8, 4) is 11.5 Å². The lowest BCUT2D eigenvalue weighted by atomic mass is 10.0. The fraction of sp³-hybridized carbons (Fsp3) is 0.156. The Morgan fingerprint density at radius 3 is 2.54 bits per heavy atom. The molecule has 9 heteroatoms. The topological polar surface area (TPSA) is 84.9 Å². The molecule has 4 aromatic rings. The molecule has 0 aromatic heterocycles. The lowest BCUT2D eigenvalue weighted by Crippen LogP contribution is -2.27. The van der Waals surface area contributed by atoms with E-state index in [4.69, 9.17) is 21.1 Å². The summed E-state index contributed by atoms with van der Waals surface area (Å²) in [7, 11) is 0. The van der Waals surface area contributed by atoms with E-state index in [1.165, 1.54) is 4.90 Å². The van der Waals surface area contributed by atoms with Gasteiger partial charge in [0, 0.05) is 5.69 Å². The van der Waals surface area contributed by atoms with E-state index in [1.807, 2.05) is 80.6 Å². The maximum Gasteiger partial charge on any atom is 0.293 e. The van der Waals surface area contributed by atoms with Gasteiger partial charge in [-0.15, -0.1) is 0 Å². The molecule has 1 saturated heterocycles. The molecular formula is C32H27ClN2O5S. The van der Waals surface area contributed by atoms with Gasteiger partial charge in [0.05, 0.1) is 23.1 Å². The smallest absolute Gasteiger partial charge is 0.293 e. The SMILES string of the molecule is CCOc1cc(/C=C2/SC(=O)N(Cc3cccc4ccccc34)C2=O)cc(Cl)c1OCC(=O)Nc1ccc(C)cc1. The molecule has 4 aromatic carbocycles. The first kappa shape index (κ1) is 28.3. The van der Waals surface area contributed by atoms with Crippen molar-refractivity contribution in [1.82, 2.24) is 4.90 Å². The van der Waals surface area contributed by atoms with Crippen LogP contribution in [0.25, 0.3) is 16.8 Å². The van der Waals surface area contributed by atoms with E-state index in [-0.39, 0.29) is 45.9 Å². The monoisotopic (exact) mass is 586 g/mol. The Balaban J connectivity index is 1.32. The highest BCUT2D eigenvalue weighted by molar-refractivity contribution is 8.18. The third-order valence-electron chi connectivity index (χ3n) is 6.39. The molecule has 0 saturated carbocycles. The number of amides is 3. The summed E-state index contributed by atoms with van der Waals surface area (Å²) in [5.74, 6) is -0.190. The molecule has 0 bridgehead atoms. The van der Waals surface area contributed by atoms with E-state index in [1.54, 1.807) is 18.2 Å². The number of fused-ring (bicyclic) bond motifs is 1. The number of hydrogen-bond acceptors (Lipinski definition) is 6. The predicted molar refractivity (Wildman–Crippen MR) is 163 cm³/mol. The largest absolute Gasteiger partial charge is 0.490 e. The number of nitrogens with zero attached hydrogens (tertiary/aromatic N) is 1. The maximum absolute atomic E-state index is 13.3. The van der Waals surface area contributed by atoms with Crippen LogP contribution in [0.4, 0.5) is 10.5 Å². The number of hydrogen-bond donors (Lipinski definition) is 1. The number of thioether (sulfide) groups is 1. The minimum Gasteiger partial charge on any atom is -0.490 e. The Kier molecular flexibility index (Phi) is 8.61. The van der Waals surface area contributed by atoms with Crippen molar-refractivity contribution in [3.05, 3.63) is 105 Å². The fourth-order valence-electron chi connectivity index (χ4n) is 4.43. The first-order valence-corrected chi connectivity index (χ1v) is 14.2. The first-order valence-electron chi connectivity index (χ1n) is 13.0. The molecule has 0 radical (unpaired) electrons. The lowest BCUT2D eigenvalue weighted by molar-refractivity contribution is -0.123. The molecule has 1 aliphatic heterocycles. The number of benzene rings is 4. The zero-order chi connectivity index (χ0) is 28.9. The van der Waals surface area contributed by atoms with Gasteiger partial charge in [-0.2, -0.15) is 0 Å². The number of rotatable bonds is 9. The van der Waals surface area contributed by atoms with Crippen molar-refractivity contribution in [2.45, 2.75) is 20.4 Å². The summed E-state index contributed by atoms with van der Waals surface area (Å²) in [6, 6.07) is 24.4. The molecule has 0 unspecified atom stereocenters. The number of nitrogens with one attached hydrogen (secondary N) is 1. The van der Waals surface area contributed by atoms with Crippen LogP contribution >= 0.6 is 23.4 Å². The Labute approximate surface area is 247 Å². The summed E-state index contributed by atoms with van der Waals surface area (Å²) in [6.07, 6.45) is 1.61. The Hall–Kier alpha value is -4.27. The van der Waals surface area contributed by atoms with Gasteiger partial charge >= 0.3 is 0 Å². The number of carbonyl (C=O) groups is 3. The second-order valence-corrected chi connectivity index (χ2v) is 10.8. The number of aryl methyl sites for hydroxylation is 1. The average molecular weight is 587 g/mol. The molecule has 0 spiro atoms. The molecule has 5 rings (SSSR count). The maximum atomic E-state index is 13.3. The Bertz CT molecular complexity index is 1660. The number of halogens is 1. The Morgan fingerprint density at radius 2 is 1.76 bits per heavy atom. The van der Waals surface area contributed by atoms with Crippen LogP contribution in [0.1, 0.15) is 23.6 Å². The standard InChI is InChI=1S/C32H27ClN2O5S/c1-3-39-27-16-21(15-26(33)30(27)40-19-29(36)34-24-13-11-20(2)12-14-24)17-28-31(37)35(32(38)41-28)18-23-9-6-8-22-7-4-5-10-25(22)23/h4-17H,3,18-19H2,1-2H3,(H,34,36)/b28-17+. The summed E-state index contributed by atoms with van der Waals surface area (Å²) in [6.45, 7) is 4.00. The first-order chi connectivity index (χ1) is 19.8.